The van der Waals surface area contributed by atoms with Gasteiger partial charge < -0.3 is 36.3 Å². The van der Waals surface area contributed by atoms with Gasteiger partial charge in [0, 0.05) is 30.1 Å². The lowest BCUT2D eigenvalue weighted by atomic mass is 9.81. The van der Waals surface area contributed by atoms with Crippen LogP contribution in [0.1, 0.15) is 54.1 Å². The van der Waals surface area contributed by atoms with Crippen LogP contribution in [0.4, 0.5) is 23.7 Å². The van der Waals surface area contributed by atoms with Crippen LogP contribution in [0.25, 0.3) is 22.2 Å². The molecule has 1 heterocycles. The van der Waals surface area contributed by atoms with Gasteiger partial charge in [0.25, 0.3) is 5.91 Å². The van der Waals surface area contributed by atoms with E-state index in [4.69, 9.17) is 5.11 Å². The number of alkyl halides is 3. The Morgan fingerprint density at radius 1 is 0.902 bits per heavy atom. The summed E-state index contributed by atoms with van der Waals surface area (Å²) in [5.41, 5.74) is 4.16. The van der Waals surface area contributed by atoms with Gasteiger partial charge in [-0.05, 0) is 98.0 Å². The fourth-order valence-corrected chi connectivity index (χ4v) is 6.25. The maximum atomic E-state index is 13.7. The number of carbonyl (C=O) groups is 4. The van der Waals surface area contributed by atoms with E-state index in [2.05, 4.69) is 25.9 Å². The number of aromatic nitrogens is 2. The number of rotatable bonds is 11. The van der Waals surface area contributed by atoms with Crippen molar-refractivity contribution in [3.63, 3.8) is 0 Å². The zero-order valence-corrected chi connectivity index (χ0v) is 27.9. The highest BCUT2D eigenvalue weighted by Gasteiger charge is 2.37. The van der Waals surface area contributed by atoms with Gasteiger partial charge in [-0.2, -0.15) is 13.2 Å². The molecule has 7 N–H and O–H groups in total. The Bertz CT molecular complexity index is 1960. The van der Waals surface area contributed by atoms with Crippen molar-refractivity contribution in [1.29, 1.82) is 0 Å². The Morgan fingerprint density at radius 2 is 1.59 bits per heavy atom. The Morgan fingerprint density at radius 3 is 2.24 bits per heavy atom. The number of anilines is 1. The number of benzene rings is 3. The molecule has 1 aliphatic carbocycles. The number of aromatic amines is 2. The number of hydrogen-bond donors (Lipinski definition) is 7. The SMILES string of the molecule is Cc1cc(C(=O)N[C@@H](C)C(F)(F)F)ccc1-c1ccc(C[C@H](NC(=O)[C@H]2CC[C@H](CNC(=O)O)CC2)C(=O)Nc2ccc3[nH]c(=O)[nH]c3c2)cc1. The van der Waals surface area contributed by atoms with Crippen molar-refractivity contribution in [3.8, 4) is 11.1 Å². The zero-order valence-electron chi connectivity index (χ0n) is 27.9. The summed E-state index contributed by atoms with van der Waals surface area (Å²) in [6.07, 6.45) is -3.05. The van der Waals surface area contributed by atoms with Crippen LogP contribution in [-0.2, 0) is 16.0 Å². The van der Waals surface area contributed by atoms with Gasteiger partial charge in [-0.1, -0.05) is 30.3 Å². The number of carboxylic acid groups (broad SMARTS) is 1. The first kappa shape index (κ1) is 36.7. The van der Waals surface area contributed by atoms with Gasteiger partial charge in [0.05, 0.1) is 11.0 Å². The molecule has 4 aromatic rings. The molecule has 12 nitrogen and oxygen atoms in total. The van der Waals surface area contributed by atoms with Gasteiger partial charge in [-0.25, -0.2) is 9.59 Å². The van der Waals surface area contributed by atoms with Crippen molar-refractivity contribution in [1.82, 2.24) is 25.9 Å². The average Bonchev–Trinajstić information content (AvgIpc) is 3.46. The van der Waals surface area contributed by atoms with Gasteiger partial charge in [0.1, 0.15) is 12.1 Å². The molecule has 3 aromatic carbocycles. The number of carbonyl (C=O) groups excluding carboxylic acids is 3. The van der Waals surface area contributed by atoms with Crippen LogP contribution in [-0.4, -0.2) is 63.7 Å². The first-order chi connectivity index (χ1) is 24.2. The molecule has 5 rings (SSSR count). The average molecular weight is 709 g/mol. The molecule has 51 heavy (non-hydrogen) atoms. The molecular formula is C36H39F3N6O6. The molecule has 2 atom stereocenters. The van der Waals surface area contributed by atoms with E-state index in [-0.39, 0.29) is 35.4 Å². The van der Waals surface area contributed by atoms with E-state index in [1.807, 2.05) is 29.6 Å². The number of amides is 4. The molecule has 0 radical (unpaired) electrons. The fraction of sp³-hybridized carbons (Fsp3) is 0.361. The first-order valence-electron chi connectivity index (χ1n) is 16.5. The maximum absolute atomic E-state index is 13.7. The van der Waals surface area contributed by atoms with Gasteiger partial charge in [0.2, 0.25) is 11.8 Å². The van der Waals surface area contributed by atoms with E-state index in [1.165, 1.54) is 12.1 Å². The number of hydrogen-bond acceptors (Lipinski definition) is 5. The lowest BCUT2D eigenvalue weighted by Crippen LogP contribution is -2.48. The molecule has 1 aromatic heterocycles. The Labute approximate surface area is 290 Å². The van der Waals surface area contributed by atoms with Gasteiger partial charge in [-0.15, -0.1) is 0 Å². The van der Waals surface area contributed by atoms with Crippen LogP contribution in [0.2, 0.25) is 0 Å². The third-order valence-electron chi connectivity index (χ3n) is 9.21. The summed E-state index contributed by atoms with van der Waals surface area (Å²) in [5, 5.41) is 19.0. The van der Waals surface area contributed by atoms with E-state index in [0.29, 0.717) is 54.5 Å². The molecular weight excluding hydrogens is 669 g/mol. The Kier molecular flexibility index (Phi) is 11.2. The van der Waals surface area contributed by atoms with Crippen LogP contribution in [0, 0.1) is 18.8 Å². The third kappa shape index (κ3) is 9.55. The van der Waals surface area contributed by atoms with E-state index >= 15 is 0 Å². The third-order valence-corrected chi connectivity index (χ3v) is 9.21. The summed E-state index contributed by atoms with van der Waals surface area (Å²) in [5.74, 6) is -1.78. The van der Waals surface area contributed by atoms with Crippen molar-refractivity contribution >= 4 is 40.5 Å². The second-order valence-corrected chi connectivity index (χ2v) is 13.0. The predicted octanol–water partition coefficient (Wildman–Crippen LogP) is 5.25. The van der Waals surface area contributed by atoms with Crippen LogP contribution in [0.5, 0.6) is 0 Å². The van der Waals surface area contributed by atoms with Gasteiger partial charge in [-0.3, -0.25) is 14.4 Å². The number of aryl methyl sites for hydroxylation is 1. The number of fused-ring (bicyclic) bond motifs is 1. The van der Waals surface area contributed by atoms with Crippen molar-refractivity contribution in [2.75, 3.05) is 11.9 Å². The van der Waals surface area contributed by atoms with Crippen LogP contribution >= 0.6 is 0 Å². The quantitative estimate of drug-likeness (QED) is 0.112. The summed E-state index contributed by atoms with van der Waals surface area (Å²) < 4.78 is 38.7. The van der Waals surface area contributed by atoms with Crippen LogP contribution < -0.4 is 27.0 Å². The lowest BCUT2D eigenvalue weighted by Gasteiger charge is -2.29. The summed E-state index contributed by atoms with van der Waals surface area (Å²) in [7, 11) is 0. The summed E-state index contributed by atoms with van der Waals surface area (Å²) >= 11 is 0. The molecule has 0 bridgehead atoms. The minimum Gasteiger partial charge on any atom is -0.465 e. The highest BCUT2D eigenvalue weighted by atomic mass is 19.4. The van der Waals surface area contributed by atoms with Crippen molar-refractivity contribution in [3.05, 3.63) is 87.8 Å². The number of H-pyrrole nitrogens is 2. The normalized spacial score (nSPS) is 17.3. The zero-order chi connectivity index (χ0) is 36.9. The van der Waals surface area contributed by atoms with Crippen molar-refractivity contribution < 1.29 is 37.5 Å². The minimum absolute atomic E-state index is 0.0981. The Hall–Kier alpha value is -5.60. The lowest BCUT2D eigenvalue weighted by molar-refractivity contribution is -0.149. The Balaban J connectivity index is 1.29. The highest BCUT2D eigenvalue weighted by molar-refractivity contribution is 5.99. The second-order valence-electron chi connectivity index (χ2n) is 13.0. The molecule has 1 fully saturated rings. The van der Waals surface area contributed by atoms with Gasteiger partial charge in [0.15, 0.2) is 0 Å². The minimum atomic E-state index is -4.56. The first-order valence-corrected chi connectivity index (χ1v) is 16.5. The predicted molar refractivity (Wildman–Crippen MR) is 184 cm³/mol. The second kappa shape index (κ2) is 15.5. The molecule has 0 aliphatic heterocycles. The summed E-state index contributed by atoms with van der Waals surface area (Å²) in [4.78, 5) is 67.4. The molecule has 4 amide bonds. The van der Waals surface area contributed by atoms with E-state index < -0.39 is 36.2 Å². The van der Waals surface area contributed by atoms with Crippen molar-refractivity contribution in [2.24, 2.45) is 11.8 Å². The molecule has 1 saturated carbocycles. The smallest absolute Gasteiger partial charge is 0.408 e. The molecule has 15 heteroatoms. The number of halogens is 3. The topological polar surface area (TPSA) is 185 Å². The number of nitrogens with one attached hydrogen (secondary N) is 6. The van der Waals surface area contributed by atoms with E-state index in [9.17, 15) is 37.1 Å². The molecule has 0 unspecified atom stereocenters. The molecule has 270 valence electrons. The van der Waals surface area contributed by atoms with E-state index in [1.54, 1.807) is 31.2 Å². The monoisotopic (exact) mass is 708 g/mol. The molecule has 0 spiro atoms. The highest BCUT2D eigenvalue weighted by Crippen LogP contribution is 2.29. The summed E-state index contributed by atoms with van der Waals surface area (Å²) in [6.45, 7) is 2.95. The van der Waals surface area contributed by atoms with Crippen molar-refractivity contribution in [2.45, 2.75) is 64.2 Å². The fourth-order valence-electron chi connectivity index (χ4n) is 6.25. The van der Waals surface area contributed by atoms with Gasteiger partial charge >= 0.3 is 18.0 Å². The standard InChI is InChI=1S/C36H39F3N6O6/c1-19-15-25(32(47)41-20(2)36(37,38)39)11-13-27(19)23-7-3-21(4-8-23)16-30(33(48)42-26-12-14-28-29(17-26)45-34(49)44-28)43-31(46)24-9-5-22(6-10-24)18-40-35(50)51/h3-4,7-8,11-15,17,20,22,24,30,40H,5-6,9-10,16,18H2,1-2H3,(H,41,47)(H,42,48)(H,43,46)(H,50,51)(H2,44,45,49)/t20-,22-,24-,30-/m0/s1. The van der Waals surface area contributed by atoms with Crippen LogP contribution in [0.3, 0.4) is 0 Å². The maximum Gasteiger partial charge on any atom is 0.408 e. The number of imidazole rings is 1. The largest absolute Gasteiger partial charge is 0.465 e. The molecule has 1 aliphatic rings. The van der Waals surface area contributed by atoms with E-state index in [0.717, 1.165) is 23.6 Å². The van der Waals surface area contributed by atoms with Crippen LogP contribution in [0.15, 0.2) is 65.5 Å². The molecule has 0 saturated heterocycles. The summed E-state index contributed by atoms with van der Waals surface area (Å²) in [6, 6.07) is 13.8.